The summed E-state index contributed by atoms with van der Waals surface area (Å²) in [6, 6.07) is 0.827. The van der Waals surface area contributed by atoms with Crippen molar-refractivity contribution in [1.82, 2.24) is 15.5 Å². The molecule has 2 N–H and O–H groups in total. The molecule has 1 unspecified atom stereocenters. The zero-order valence-corrected chi connectivity index (χ0v) is 14.2. The fourth-order valence-corrected chi connectivity index (χ4v) is 1.56. The van der Waals surface area contributed by atoms with Crippen LogP contribution in [-0.2, 0) is 4.74 Å². The van der Waals surface area contributed by atoms with Gasteiger partial charge in [0.15, 0.2) is 0 Å². The third kappa shape index (κ3) is 11.1. The number of carbonyl (C=O) groups is 1. The third-order valence-corrected chi connectivity index (χ3v) is 3.01. The average Bonchev–Trinajstić information content (AvgIpc) is 2.29. The Kier molecular flexibility index (Phi) is 8.81. The van der Waals surface area contributed by atoms with Gasteiger partial charge >= 0.3 is 6.09 Å². The number of hydrogen-bond acceptors (Lipinski definition) is 4. The molecule has 0 aliphatic rings. The molecule has 0 spiro atoms. The van der Waals surface area contributed by atoms with Crippen molar-refractivity contribution in [3.05, 3.63) is 0 Å². The molecular formula is C15H33N3O2. The summed E-state index contributed by atoms with van der Waals surface area (Å²) in [6.45, 7) is 14.6. The Morgan fingerprint density at radius 1 is 1.25 bits per heavy atom. The Morgan fingerprint density at radius 2 is 1.85 bits per heavy atom. The van der Waals surface area contributed by atoms with E-state index in [0.717, 1.165) is 19.5 Å². The smallest absolute Gasteiger partial charge is 0.407 e. The van der Waals surface area contributed by atoms with E-state index in [2.05, 4.69) is 43.4 Å². The van der Waals surface area contributed by atoms with Crippen molar-refractivity contribution in [2.24, 2.45) is 0 Å². The molecular weight excluding hydrogens is 254 g/mol. The maximum absolute atomic E-state index is 11.5. The van der Waals surface area contributed by atoms with Gasteiger partial charge < -0.3 is 20.3 Å². The molecule has 1 amide bonds. The standard InChI is InChI=1S/C15H33N3O2/c1-12(2)18(7)10-8-9-16-13(3)11-17-14(19)20-15(4,5)6/h12-13,16H,8-11H2,1-7H3,(H,17,19). The Hall–Kier alpha value is -0.810. The average molecular weight is 287 g/mol. The zero-order chi connectivity index (χ0) is 15.8. The van der Waals surface area contributed by atoms with E-state index in [1.807, 2.05) is 20.8 Å². The van der Waals surface area contributed by atoms with Gasteiger partial charge in [0.2, 0.25) is 0 Å². The van der Waals surface area contributed by atoms with Crippen molar-refractivity contribution < 1.29 is 9.53 Å². The third-order valence-electron chi connectivity index (χ3n) is 3.01. The molecule has 0 aliphatic heterocycles. The topological polar surface area (TPSA) is 53.6 Å². The van der Waals surface area contributed by atoms with Gasteiger partial charge in [0.05, 0.1) is 0 Å². The molecule has 120 valence electrons. The lowest BCUT2D eigenvalue weighted by atomic mass is 10.2. The van der Waals surface area contributed by atoms with Gasteiger partial charge in [-0.15, -0.1) is 0 Å². The first kappa shape index (κ1) is 19.2. The van der Waals surface area contributed by atoms with Crippen LogP contribution in [0.2, 0.25) is 0 Å². The number of hydrogen-bond donors (Lipinski definition) is 2. The second-order valence-electron chi connectivity index (χ2n) is 6.67. The lowest BCUT2D eigenvalue weighted by molar-refractivity contribution is 0.0523. The van der Waals surface area contributed by atoms with Crippen LogP contribution in [0.1, 0.15) is 48.0 Å². The highest BCUT2D eigenvalue weighted by atomic mass is 16.6. The lowest BCUT2D eigenvalue weighted by Gasteiger charge is -2.22. The van der Waals surface area contributed by atoms with Crippen LogP contribution in [0.4, 0.5) is 4.79 Å². The maximum atomic E-state index is 11.5. The van der Waals surface area contributed by atoms with E-state index >= 15 is 0 Å². The van der Waals surface area contributed by atoms with Crippen molar-refractivity contribution in [2.75, 3.05) is 26.7 Å². The Balaban J connectivity index is 3.64. The van der Waals surface area contributed by atoms with Crippen LogP contribution in [0.15, 0.2) is 0 Å². The van der Waals surface area contributed by atoms with E-state index in [1.165, 1.54) is 0 Å². The van der Waals surface area contributed by atoms with Crippen LogP contribution < -0.4 is 10.6 Å². The highest BCUT2D eigenvalue weighted by Gasteiger charge is 2.16. The van der Waals surface area contributed by atoms with Crippen molar-refractivity contribution in [2.45, 2.75) is 65.6 Å². The van der Waals surface area contributed by atoms with Crippen molar-refractivity contribution in [1.29, 1.82) is 0 Å². The molecule has 0 saturated carbocycles. The summed E-state index contributed by atoms with van der Waals surface area (Å²) >= 11 is 0. The molecule has 0 saturated heterocycles. The number of nitrogens with zero attached hydrogens (tertiary/aromatic N) is 1. The summed E-state index contributed by atoms with van der Waals surface area (Å²) in [4.78, 5) is 13.8. The molecule has 0 bridgehead atoms. The summed E-state index contributed by atoms with van der Waals surface area (Å²) in [7, 11) is 2.14. The highest BCUT2D eigenvalue weighted by Crippen LogP contribution is 2.06. The van der Waals surface area contributed by atoms with Crippen molar-refractivity contribution in [3.8, 4) is 0 Å². The Morgan fingerprint density at radius 3 is 2.35 bits per heavy atom. The molecule has 0 heterocycles. The predicted molar refractivity (Wildman–Crippen MR) is 84.1 cm³/mol. The molecule has 5 heteroatoms. The van der Waals surface area contributed by atoms with Gasteiger partial charge in [0, 0.05) is 18.6 Å². The van der Waals surface area contributed by atoms with Gasteiger partial charge in [-0.2, -0.15) is 0 Å². The van der Waals surface area contributed by atoms with Gasteiger partial charge in [0.25, 0.3) is 0 Å². The Bertz CT molecular complexity index is 275. The summed E-state index contributed by atoms with van der Waals surface area (Å²) in [6.07, 6.45) is 0.747. The van der Waals surface area contributed by atoms with E-state index in [-0.39, 0.29) is 12.1 Å². The van der Waals surface area contributed by atoms with Gasteiger partial charge in [-0.25, -0.2) is 4.79 Å². The molecule has 5 nitrogen and oxygen atoms in total. The van der Waals surface area contributed by atoms with Gasteiger partial charge in [-0.3, -0.25) is 0 Å². The van der Waals surface area contributed by atoms with E-state index in [0.29, 0.717) is 12.6 Å². The number of nitrogens with one attached hydrogen (secondary N) is 2. The number of rotatable bonds is 8. The predicted octanol–water partition coefficient (Wildman–Crippen LogP) is 2.22. The summed E-state index contributed by atoms with van der Waals surface area (Å²) in [5, 5.41) is 6.17. The minimum atomic E-state index is -0.442. The van der Waals surface area contributed by atoms with Gasteiger partial charge in [0.1, 0.15) is 5.60 Å². The minimum Gasteiger partial charge on any atom is -0.444 e. The van der Waals surface area contributed by atoms with Crippen molar-refractivity contribution in [3.63, 3.8) is 0 Å². The van der Waals surface area contributed by atoms with E-state index < -0.39 is 5.60 Å². The molecule has 0 fully saturated rings. The molecule has 20 heavy (non-hydrogen) atoms. The lowest BCUT2D eigenvalue weighted by Crippen LogP contribution is -2.42. The number of alkyl carbamates (subject to hydrolysis) is 1. The molecule has 0 radical (unpaired) electrons. The molecule has 0 aromatic carbocycles. The minimum absolute atomic E-state index is 0.242. The van der Waals surface area contributed by atoms with E-state index in [1.54, 1.807) is 0 Å². The second kappa shape index (κ2) is 9.19. The fraction of sp³-hybridized carbons (Fsp3) is 0.933. The van der Waals surface area contributed by atoms with Crippen LogP contribution in [0, 0.1) is 0 Å². The normalized spacial score (nSPS) is 13.7. The van der Waals surface area contributed by atoms with Gasteiger partial charge in [-0.1, -0.05) is 0 Å². The largest absolute Gasteiger partial charge is 0.444 e. The fourth-order valence-electron chi connectivity index (χ4n) is 1.56. The summed E-state index contributed by atoms with van der Waals surface area (Å²) in [5.74, 6) is 0. The van der Waals surface area contributed by atoms with E-state index in [4.69, 9.17) is 4.74 Å². The monoisotopic (exact) mass is 287 g/mol. The number of amides is 1. The highest BCUT2D eigenvalue weighted by molar-refractivity contribution is 5.67. The van der Waals surface area contributed by atoms with Crippen LogP contribution in [0.3, 0.4) is 0 Å². The van der Waals surface area contributed by atoms with Crippen LogP contribution >= 0.6 is 0 Å². The molecule has 0 aromatic heterocycles. The van der Waals surface area contributed by atoms with Crippen LogP contribution in [-0.4, -0.2) is 55.4 Å². The van der Waals surface area contributed by atoms with Crippen LogP contribution in [0.25, 0.3) is 0 Å². The second-order valence-corrected chi connectivity index (χ2v) is 6.67. The molecule has 1 atom stereocenters. The maximum Gasteiger partial charge on any atom is 0.407 e. The zero-order valence-electron chi connectivity index (χ0n) is 14.2. The summed E-state index contributed by atoms with van der Waals surface area (Å²) in [5.41, 5.74) is -0.442. The van der Waals surface area contributed by atoms with Crippen molar-refractivity contribution >= 4 is 6.09 Å². The molecule has 0 aromatic rings. The Labute approximate surface area is 124 Å². The van der Waals surface area contributed by atoms with Gasteiger partial charge in [-0.05, 0) is 68.1 Å². The first-order valence-electron chi connectivity index (χ1n) is 7.52. The SMILES string of the molecule is CC(CNC(=O)OC(C)(C)C)NCCCN(C)C(C)C. The van der Waals surface area contributed by atoms with Crippen LogP contribution in [0.5, 0.6) is 0 Å². The van der Waals surface area contributed by atoms with E-state index in [9.17, 15) is 4.79 Å². The first-order chi connectivity index (χ1) is 9.11. The first-order valence-corrected chi connectivity index (χ1v) is 7.52. The quantitative estimate of drug-likeness (QED) is 0.672. The number of carbonyl (C=O) groups excluding carboxylic acids is 1. The summed E-state index contributed by atoms with van der Waals surface area (Å²) < 4.78 is 5.19. The molecule has 0 aliphatic carbocycles. The number of ether oxygens (including phenoxy) is 1. The molecule has 0 rings (SSSR count).